The molecule has 0 spiro atoms. The summed E-state index contributed by atoms with van der Waals surface area (Å²) in [5.41, 5.74) is 1.61. The van der Waals surface area contributed by atoms with Crippen LogP contribution in [0.1, 0.15) is 42.3 Å². The Morgan fingerprint density at radius 2 is 2.12 bits per heavy atom. The number of benzene rings is 1. The van der Waals surface area contributed by atoms with Crippen LogP contribution in [0.15, 0.2) is 36.5 Å². The highest BCUT2D eigenvalue weighted by Gasteiger charge is 2.34. The minimum atomic E-state index is -0.807. The number of rotatable bonds is 6. The van der Waals surface area contributed by atoms with Gasteiger partial charge in [0.2, 0.25) is 5.88 Å². The first-order valence-electron chi connectivity index (χ1n) is 11.4. The molecular formula is C26H32FN3O4. The number of amides is 1. The van der Waals surface area contributed by atoms with Crippen LogP contribution >= 0.6 is 0 Å². The first kappa shape index (κ1) is 25.6. The van der Waals surface area contributed by atoms with Crippen LogP contribution in [-0.4, -0.2) is 75.9 Å². The van der Waals surface area contributed by atoms with Crippen LogP contribution in [0.3, 0.4) is 0 Å². The summed E-state index contributed by atoms with van der Waals surface area (Å²) in [6.45, 7) is 6.63. The van der Waals surface area contributed by atoms with E-state index in [0.29, 0.717) is 25.2 Å². The van der Waals surface area contributed by atoms with Crippen molar-refractivity contribution in [1.29, 1.82) is 0 Å². The summed E-state index contributed by atoms with van der Waals surface area (Å²) in [4.78, 5) is 21.4. The standard InChI is InChI=1S/C26H32FN3O4/c1-17-13-30(18(2)16-31)26(33)23-11-20(9-8-19(3)32)12-28-25(23)34-24(17)15-29(4)14-21-6-5-7-22(27)10-21/h5-7,10-12,17-19,24,31-32H,13-16H2,1-4H3/t17-,18+,19-,24+/m0/s1. The van der Waals surface area contributed by atoms with E-state index in [1.54, 1.807) is 30.9 Å². The minimum Gasteiger partial charge on any atom is -0.472 e. The third-order valence-corrected chi connectivity index (χ3v) is 5.78. The Kier molecular flexibility index (Phi) is 8.61. The molecule has 1 aromatic carbocycles. The number of fused-ring (bicyclic) bond motifs is 1. The minimum absolute atomic E-state index is 0.0578. The van der Waals surface area contributed by atoms with Gasteiger partial charge < -0.3 is 19.8 Å². The molecule has 1 aliphatic rings. The van der Waals surface area contributed by atoms with Crippen molar-refractivity contribution in [3.63, 3.8) is 0 Å². The number of aliphatic hydroxyl groups is 2. The third kappa shape index (κ3) is 6.54. The Morgan fingerprint density at radius 1 is 1.35 bits per heavy atom. The van der Waals surface area contributed by atoms with Crippen LogP contribution in [0.25, 0.3) is 0 Å². The molecule has 0 radical (unpaired) electrons. The predicted octanol–water partition coefficient (Wildman–Crippen LogP) is 2.31. The Hall–Kier alpha value is -2.99. The predicted molar refractivity (Wildman–Crippen MR) is 127 cm³/mol. The molecule has 2 N–H and O–H groups in total. The first-order chi connectivity index (χ1) is 16.2. The van der Waals surface area contributed by atoms with Gasteiger partial charge in [-0.3, -0.25) is 9.69 Å². The number of likely N-dealkylation sites (N-methyl/N-ethyl adjacent to an activating group) is 1. The zero-order valence-corrected chi connectivity index (χ0v) is 20.0. The first-order valence-corrected chi connectivity index (χ1v) is 11.4. The van der Waals surface area contributed by atoms with Gasteiger partial charge in [-0.15, -0.1) is 0 Å². The van der Waals surface area contributed by atoms with E-state index in [1.807, 2.05) is 24.9 Å². The van der Waals surface area contributed by atoms with Gasteiger partial charge in [-0.25, -0.2) is 9.37 Å². The summed E-state index contributed by atoms with van der Waals surface area (Å²) < 4.78 is 19.8. The zero-order valence-electron chi connectivity index (χ0n) is 20.0. The fraction of sp³-hybridized carbons (Fsp3) is 0.462. The zero-order chi connectivity index (χ0) is 24.8. The largest absolute Gasteiger partial charge is 0.472 e. The van der Waals surface area contributed by atoms with E-state index < -0.39 is 12.1 Å². The monoisotopic (exact) mass is 469 g/mol. The van der Waals surface area contributed by atoms with Crippen LogP contribution in [-0.2, 0) is 6.54 Å². The highest BCUT2D eigenvalue weighted by Crippen LogP contribution is 2.27. The van der Waals surface area contributed by atoms with Crippen LogP contribution < -0.4 is 4.74 Å². The molecule has 0 saturated heterocycles. The van der Waals surface area contributed by atoms with Crippen LogP contribution in [0.2, 0.25) is 0 Å². The van der Waals surface area contributed by atoms with E-state index in [2.05, 4.69) is 16.8 Å². The average molecular weight is 470 g/mol. The molecule has 1 aliphatic heterocycles. The SMILES string of the molecule is C[C@H](O)C#Cc1cnc2c(c1)C(=O)N([C@H](C)CO)C[C@H](C)[C@@H](CN(C)Cc1cccc(F)c1)O2. The van der Waals surface area contributed by atoms with Crippen molar-refractivity contribution in [3.05, 3.63) is 59.0 Å². The maximum absolute atomic E-state index is 13.6. The number of hydrogen-bond donors (Lipinski definition) is 2. The lowest BCUT2D eigenvalue weighted by atomic mass is 9.99. The van der Waals surface area contributed by atoms with E-state index in [-0.39, 0.29) is 41.8 Å². The molecule has 7 nitrogen and oxygen atoms in total. The third-order valence-electron chi connectivity index (χ3n) is 5.78. The topological polar surface area (TPSA) is 86.1 Å². The maximum atomic E-state index is 13.6. The lowest BCUT2D eigenvalue weighted by Gasteiger charge is -2.37. The van der Waals surface area contributed by atoms with Crippen LogP contribution in [0.4, 0.5) is 4.39 Å². The second-order valence-corrected chi connectivity index (χ2v) is 8.97. The van der Waals surface area contributed by atoms with Crippen molar-refractivity contribution in [1.82, 2.24) is 14.8 Å². The molecule has 8 heteroatoms. The van der Waals surface area contributed by atoms with E-state index in [1.165, 1.54) is 18.3 Å². The van der Waals surface area contributed by atoms with Crippen molar-refractivity contribution in [3.8, 4) is 17.7 Å². The van der Waals surface area contributed by atoms with E-state index in [4.69, 9.17) is 4.74 Å². The highest BCUT2D eigenvalue weighted by molar-refractivity contribution is 5.97. The summed E-state index contributed by atoms with van der Waals surface area (Å²) in [6, 6.07) is 7.71. The maximum Gasteiger partial charge on any atom is 0.259 e. The number of aliphatic hydroxyl groups excluding tert-OH is 2. The summed E-state index contributed by atoms with van der Waals surface area (Å²) in [7, 11) is 1.93. The van der Waals surface area contributed by atoms with Gasteiger partial charge in [-0.2, -0.15) is 0 Å². The number of hydrogen-bond acceptors (Lipinski definition) is 6. The highest BCUT2D eigenvalue weighted by atomic mass is 19.1. The van der Waals surface area contributed by atoms with E-state index in [9.17, 15) is 19.4 Å². The van der Waals surface area contributed by atoms with E-state index >= 15 is 0 Å². The van der Waals surface area contributed by atoms with Crippen molar-refractivity contribution in [2.75, 3.05) is 26.7 Å². The van der Waals surface area contributed by atoms with Gasteiger partial charge in [0.15, 0.2) is 0 Å². The summed E-state index contributed by atoms with van der Waals surface area (Å²) in [5.74, 6) is 5.05. The Balaban J connectivity index is 1.90. The molecule has 182 valence electrons. The molecule has 0 bridgehead atoms. The second-order valence-electron chi connectivity index (χ2n) is 8.97. The smallest absolute Gasteiger partial charge is 0.259 e. The second kappa shape index (κ2) is 11.4. The fourth-order valence-electron chi connectivity index (χ4n) is 3.90. The number of carbonyl (C=O) groups excluding carboxylic acids is 1. The van der Waals surface area contributed by atoms with Gasteiger partial charge in [0.1, 0.15) is 23.6 Å². The summed E-state index contributed by atoms with van der Waals surface area (Å²) >= 11 is 0. The fourth-order valence-corrected chi connectivity index (χ4v) is 3.90. The molecule has 4 atom stereocenters. The van der Waals surface area contributed by atoms with Crippen LogP contribution in [0.5, 0.6) is 5.88 Å². The molecule has 34 heavy (non-hydrogen) atoms. The number of carbonyl (C=O) groups is 1. The van der Waals surface area contributed by atoms with Crippen molar-refractivity contribution in [2.24, 2.45) is 5.92 Å². The van der Waals surface area contributed by atoms with Gasteiger partial charge in [0, 0.05) is 37.3 Å². The molecule has 2 heterocycles. The molecule has 1 aromatic heterocycles. The van der Waals surface area contributed by atoms with Gasteiger partial charge in [0.05, 0.1) is 12.6 Å². The molecular weight excluding hydrogens is 437 g/mol. The molecule has 0 aliphatic carbocycles. The van der Waals surface area contributed by atoms with Gasteiger partial charge in [-0.05, 0) is 44.7 Å². The summed E-state index contributed by atoms with van der Waals surface area (Å²) in [6.07, 6.45) is 0.403. The normalized spacial score (nSPS) is 19.9. The van der Waals surface area contributed by atoms with E-state index in [0.717, 1.165) is 5.56 Å². The molecule has 0 fully saturated rings. The van der Waals surface area contributed by atoms with Gasteiger partial charge >= 0.3 is 0 Å². The number of pyridine rings is 1. The van der Waals surface area contributed by atoms with Gasteiger partial charge in [0.25, 0.3) is 5.91 Å². The number of halogens is 1. The molecule has 3 rings (SSSR count). The number of aromatic nitrogens is 1. The molecule has 2 aromatic rings. The number of nitrogens with zero attached hydrogens (tertiary/aromatic N) is 3. The lowest BCUT2D eigenvalue weighted by Crippen LogP contribution is -2.49. The average Bonchev–Trinajstić information content (AvgIpc) is 2.79. The Labute approximate surface area is 200 Å². The molecule has 0 saturated carbocycles. The molecule has 0 unspecified atom stereocenters. The lowest BCUT2D eigenvalue weighted by molar-refractivity contribution is 0.0325. The molecule has 1 amide bonds. The Bertz CT molecular complexity index is 1070. The van der Waals surface area contributed by atoms with Gasteiger partial charge in [-0.1, -0.05) is 30.9 Å². The van der Waals surface area contributed by atoms with Crippen molar-refractivity contribution in [2.45, 2.75) is 45.6 Å². The van der Waals surface area contributed by atoms with Crippen molar-refractivity contribution >= 4 is 5.91 Å². The number of ether oxygens (including phenoxy) is 1. The Morgan fingerprint density at radius 3 is 2.79 bits per heavy atom. The summed E-state index contributed by atoms with van der Waals surface area (Å²) in [5, 5.41) is 19.2. The van der Waals surface area contributed by atoms with Crippen molar-refractivity contribution < 1.29 is 24.1 Å². The van der Waals surface area contributed by atoms with Crippen LogP contribution in [0, 0.1) is 23.6 Å². The quantitative estimate of drug-likeness (QED) is 0.632.